The van der Waals surface area contributed by atoms with Crippen LogP contribution in [0.25, 0.3) is 33.4 Å². The maximum Gasteiger partial charge on any atom is 0.269 e. The highest BCUT2D eigenvalue weighted by atomic mass is 16.1. The third-order valence-electron chi connectivity index (χ3n) is 6.10. The van der Waals surface area contributed by atoms with Crippen LogP contribution in [0.15, 0.2) is 66.9 Å². The van der Waals surface area contributed by atoms with Crippen molar-refractivity contribution in [3.05, 3.63) is 83.9 Å². The number of hydrogen-bond acceptors (Lipinski definition) is 5. The van der Waals surface area contributed by atoms with Crippen LogP contribution in [0.3, 0.4) is 0 Å². The Kier molecular flexibility index (Phi) is 9.33. The number of carbonyl (C=O) groups excluding carboxylic acids is 1. The first-order valence-corrected chi connectivity index (χ1v) is 12.6. The van der Waals surface area contributed by atoms with E-state index < -0.39 is 5.91 Å². The van der Waals surface area contributed by atoms with E-state index in [1.807, 2.05) is 68.5 Å². The third-order valence-corrected chi connectivity index (χ3v) is 6.10. The van der Waals surface area contributed by atoms with Gasteiger partial charge in [-0.1, -0.05) is 70.0 Å². The standard InChI is InChI=1S/C26H26N6O.C4H10/c1-4-5-6-8-15(2)19-9-7-10-21(30-19)22-13-17(24(27)25(31-22)26(28)33)23-16(3)11-12-20-18(23)14-29-32-20;1-3-4-2/h4-15H,27H2,1-3H3,(H2,28,33)(H,29,32);3-4H2,1-2H3/b5-4-,8-6-;. The minimum absolute atomic E-state index is 0.0237. The fraction of sp³-hybridized carbons (Fsp3) is 0.267. The molecule has 4 rings (SSSR count). The molecule has 7 nitrogen and oxygen atoms in total. The number of benzene rings is 1. The lowest BCUT2D eigenvalue weighted by molar-refractivity contribution is 0.0996. The number of aromatic amines is 1. The molecule has 1 amide bonds. The van der Waals surface area contributed by atoms with Gasteiger partial charge in [0.05, 0.1) is 28.8 Å². The van der Waals surface area contributed by atoms with Crippen LogP contribution >= 0.6 is 0 Å². The van der Waals surface area contributed by atoms with Gasteiger partial charge >= 0.3 is 0 Å². The molecule has 0 aliphatic heterocycles. The predicted molar refractivity (Wildman–Crippen MR) is 153 cm³/mol. The minimum Gasteiger partial charge on any atom is -0.396 e. The fourth-order valence-electron chi connectivity index (χ4n) is 3.85. The summed E-state index contributed by atoms with van der Waals surface area (Å²) in [5.41, 5.74) is 17.8. The van der Waals surface area contributed by atoms with Crippen LogP contribution in [0, 0.1) is 6.92 Å². The van der Waals surface area contributed by atoms with Crippen molar-refractivity contribution < 1.29 is 4.79 Å². The molecular weight excluding hydrogens is 460 g/mol. The van der Waals surface area contributed by atoms with Crippen LogP contribution in [-0.2, 0) is 0 Å². The number of hydrogen-bond donors (Lipinski definition) is 3. The van der Waals surface area contributed by atoms with Gasteiger partial charge in [-0.15, -0.1) is 0 Å². The number of amides is 1. The summed E-state index contributed by atoms with van der Waals surface area (Å²) < 4.78 is 0. The molecule has 37 heavy (non-hydrogen) atoms. The van der Waals surface area contributed by atoms with Crippen LogP contribution in [0.5, 0.6) is 0 Å². The number of aryl methyl sites for hydroxylation is 1. The Morgan fingerprint density at radius 1 is 1.08 bits per heavy atom. The number of aromatic nitrogens is 4. The zero-order valence-corrected chi connectivity index (χ0v) is 22.2. The maximum absolute atomic E-state index is 12.2. The lowest BCUT2D eigenvalue weighted by Gasteiger charge is -2.15. The molecule has 1 aromatic carbocycles. The van der Waals surface area contributed by atoms with E-state index in [-0.39, 0.29) is 17.3 Å². The Labute approximate surface area is 218 Å². The van der Waals surface area contributed by atoms with Crippen molar-refractivity contribution in [2.75, 3.05) is 5.73 Å². The summed E-state index contributed by atoms with van der Waals surface area (Å²) in [6, 6.07) is 11.6. The Balaban J connectivity index is 0.000000886. The zero-order chi connectivity index (χ0) is 26.9. The monoisotopic (exact) mass is 496 g/mol. The second kappa shape index (κ2) is 12.6. The van der Waals surface area contributed by atoms with Crippen molar-refractivity contribution in [3.63, 3.8) is 0 Å². The van der Waals surface area contributed by atoms with E-state index in [0.29, 0.717) is 17.0 Å². The van der Waals surface area contributed by atoms with Crippen LogP contribution in [0.4, 0.5) is 5.69 Å². The van der Waals surface area contributed by atoms with Gasteiger partial charge < -0.3 is 11.5 Å². The SMILES string of the molecule is C/C=C\C=C/C(C)c1cccc(-c2cc(-c3c(C)ccc4[nH]ncc34)c(N)c(C(N)=O)n2)n1.CCCC. The Hall–Kier alpha value is -4.26. The first-order valence-electron chi connectivity index (χ1n) is 12.6. The van der Waals surface area contributed by atoms with Crippen LogP contribution in [-0.4, -0.2) is 26.1 Å². The van der Waals surface area contributed by atoms with Crippen LogP contribution in [0.2, 0.25) is 0 Å². The highest BCUT2D eigenvalue weighted by molar-refractivity contribution is 6.05. The summed E-state index contributed by atoms with van der Waals surface area (Å²) in [7, 11) is 0. The smallest absolute Gasteiger partial charge is 0.269 e. The second-order valence-electron chi connectivity index (χ2n) is 8.92. The van der Waals surface area contributed by atoms with Gasteiger partial charge in [0, 0.05) is 22.6 Å². The summed E-state index contributed by atoms with van der Waals surface area (Å²) in [6.45, 7) is 10.4. The van der Waals surface area contributed by atoms with Crippen molar-refractivity contribution in [3.8, 4) is 22.5 Å². The fourth-order valence-corrected chi connectivity index (χ4v) is 3.85. The molecule has 0 spiro atoms. The van der Waals surface area contributed by atoms with Gasteiger partial charge in [-0.2, -0.15) is 5.10 Å². The first kappa shape index (κ1) is 27.3. The number of unbranched alkanes of at least 4 members (excludes halogenated alkanes) is 1. The van der Waals surface area contributed by atoms with Gasteiger partial charge in [-0.3, -0.25) is 14.9 Å². The number of carbonyl (C=O) groups is 1. The average molecular weight is 497 g/mol. The average Bonchev–Trinajstić information content (AvgIpc) is 3.38. The number of primary amides is 1. The molecule has 3 aromatic heterocycles. The van der Waals surface area contributed by atoms with Crippen LogP contribution < -0.4 is 11.5 Å². The Morgan fingerprint density at radius 2 is 1.84 bits per heavy atom. The summed E-state index contributed by atoms with van der Waals surface area (Å²) in [4.78, 5) is 21.5. The number of pyridine rings is 2. The number of nitrogens with two attached hydrogens (primary N) is 2. The van der Waals surface area contributed by atoms with Crippen molar-refractivity contribution >= 4 is 22.5 Å². The number of allylic oxidation sites excluding steroid dienone is 4. The van der Waals surface area contributed by atoms with Crippen molar-refractivity contribution in [1.82, 2.24) is 20.2 Å². The van der Waals surface area contributed by atoms with E-state index in [1.165, 1.54) is 12.8 Å². The van der Waals surface area contributed by atoms with Gasteiger partial charge in [0.2, 0.25) is 0 Å². The molecule has 0 aliphatic rings. The van der Waals surface area contributed by atoms with E-state index in [4.69, 9.17) is 16.5 Å². The van der Waals surface area contributed by atoms with Gasteiger partial charge in [0.15, 0.2) is 5.69 Å². The van der Waals surface area contributed by atoms with E-state index in [9.17, 15) is 4.79 Å². The Bertz CT molecular complexity index is 1430. The summed E-state index contributed by atoms with van der Waals surface area (Å²) in [5, 5.41) is 8.04. The normalized spacial score (nSPS) is 12.1. The lowest BCUT2D eigenvalue weighted by Crippen LogP contribution is -2.17. The van der Waals surface area contributed by atoms with E-state index in [2.05, 4.69) is 42.0 Å². The quantitative estimate of drug-likeness (QED) is 0.245. The number of nitrogens with zero attached hydrogens (tertiary/aromatic N) is 3. The molecular formula is C30H36N6O. The van der Waals surface area contributed by atoms with E-state index in [0.717, 1.165) is 27.7 Å². The summed E-state index contributed by atoms with van der Waals surface area (Å²) in [5.74, 6) is -0.585. The second-order valence-corrected chi connectivity index (χ2v) is 8.92. The predicted octanol–water partition coefficient (Wildman–Crippen LogP) is 6.72. The molecule has 3 heterocycles. The number of nitrogen functional groups attached to an aromatic ring is 1. The van der Waals surface area contributed by atoms with Crippen molar-refractivity contribution in [2.24, 2.45) is 5.73 Å². The maximum atomic E-state index is 12.2. The van der Waals surface area contributed by atoms with Gasteiger partial charge in [0.1, 0.15) is 0 Å². The molecule has 1 unspecified atom stereocenters. The molecule has 0 bridgehead atoms. The Morgan fingerprint density at radius 3 is 2.51 bits per heavy atom. The molecule has 7 heteroatoms. The molecule has 0 saturated carbocycles. The van der Waals surface area contributed by atoms with E-state index in [1.54, 1.807) is 6.20 Å². The summed E-state index contributed by atoms with van der Waals surface area (Å²) >= 11 is 0. The topological polar surface area (TPSA) is 124 Å². The minimum atomic E-state index is -0.688. The number of anilines is 1. The molecule has 192 valence electrons. The van der Waals surface area contributed by atoms with Crippen molar-refractivity contribution in [1.29, 1.82) is 0 Å². The lowest BCUT2D eigenvalue weighted by atomic mass is 9.94. The third kappa shape index (κ3) is 6.30. The summed E-state index contributed by atoms with van der Waals surface area (Å²) in [6.07, 6.45) is 12.4. The number of fused-ring (bicyclic) bond motifs is 1. The molecule has 1 atom stereocenters. The molecule has 0 aliphatic carbocycles. The highest BCUT2D eigenvalue weighted by Crippen LogP contribution is 2.37. The highest BCUT2D eigenvalue weighted by Gasteiger charge is 2.20. The number of H-pyrrole nitrogens is 1. The van der Waals surface area contributed by atoms with Gasteiger partial charge in [-0.25, -0.2) is 4.98 Å². The van der Waals surface area contributed by atoms with Gasteiger partial charge in [-0.05, 0) is 49.2 Å². The molecule has 0 radical (unpaired) electrons. The first-order chi connectivity index (χ1) is 17.8. The number of rotatable bonds is 7. The molecule has 0 saturated heterocycles. The molecule has 0 fully saturated rings. The van der Waals surface area contributed by atoms with E-state index >= 15 is 0 Å². The number of nitrogens with one attached hydrogen (secondary N) is 1. The largest absolute Gasteiger partial charge is 0.396 e. The van der Waals surface area contributed by atoms with Gasteiger partial charge in [0.25, 0.3) is 5.91 Å². The molecule has 4 aromatic rings. The van der Waals surface area contributed by atoms with Crippen molar-refractivity contribution in [2.45, 2.75) is 53.4 Å². The zero-order valence-electron chi connectivity index (χ0n) is 22.2. The molecule has 5 N–H and O–H groups in total. The van der Waals surface area contributed by atoms with Crippen LogP contribution in [0.1, 0.15) is 68.2 Å².